The second-order valence-corrected chi connectivity index (χ2v) is 14.4. The maximum absolute atomic E-state index is 12.8. The van der Waals surface area contributed by atoms with Gasteiger partial charge in [0.2, 0.25) is 0 Å². The van der Waals surface area contributed by atoms with Crippen molar-refractivity contribution in [3.05, 3.63) is 11.6 Å². The molecule has 5 aliphatic rings. The first-order chi connectivity index (χ1) is 15.7. The Labute approximate surface area is 206 Å². The van der Waals surface area contributed by atoms with Gasteiger partial charge in [-0.15, -0.1) is 0 Å². The van der Waals surface area contributed by atoms with E-state index < -0.39 is 12.2 Å². The van der Waals surface area contributed by atoms with Gasteiger partial charge in [0.05, 0.1) is 6.10 Å². The first-order valence-electron chi connectivity index (χ1n) is 13.8. The van der Waals surface area contributed by atoms with Gasteiger partial charge in [0.25, 0.3) is 0 Å². The number of rotatable bonds is 4. The molecule has 4 heteroatoms. The predicted molar refractivity (Wildman–Crippen MR) is 133 cm³/mol. The minimum Gasteiger partial charge on any atom is -0.393 e. The van der Waals surface area contributed by atoms with E-state index in [1.165, 1.54) is 12.8 Å². The number of aliphatic hydroxyl groups excluding tert-OH is 2. The minimum atomic E-state index is -1.07. The number of carbonyl (C=O) groups excluding carboxylic acids is 2. The largest absolute Gasteiger partial charge is 0.393 e. The van der Waals surface area contributed by atoms with Gasteiger partial charge >= 0.3 is 0 Å². The highest BCUT2D eigenvalue weighted by atomic mass is 16.3. The monoisotopic (exact) mass is 470 g/mol. The van der Waals surface area contributed by atoms with Crippen molar-refractivity contribution in [3.8, 4) is 0 Å². The van der Waals surface area contributed by atoms with E-state index >= 15 is 0 Å². The third-order valence-corrected chi connectivity index (χ3v) is 12.7. The zero-order chi connectivity index (χ0) is 25.1. The minimum absolute atomic E-state index is 0.0110. The van der Waals surface area contributed by atoms with Crippen LogP contribution in [-0.4, -0.2) is 34.0 Å². The van der Waals surface area contributed by atoms with Gasteiger partial charge in [0.1, 0.15) is 11.9 Å². The van der Waals surface area contributed by atoms with E-state index in [-0.39, 0.29) is 33.9 Å². The number of allylic oxidation sites excluding steroid dienone is 1. The second-order valence-electron chi connectivity index (χ2n) is 14.4. The van der Waals surface area contributed by atoms with Gasteiger partial charge in [-0.05, 0) is 110 Å². The lowest BCUT2D eigenvalue weighted by Crippen LogP contribution is -2.57. The van der Waals surface area contributed by atoms with E-state index in [9.17, 15) is 19.8 Å². The fourth-order valence-electron chi connectivity index (χ4n) is 11.0. The Morgan fingerprint density at radius 2 is 1.62 bits per heavy atom. The van der Waals surface area contributed by atoms with Gasteiger partial charge in [0.15, 0.2) is 5.78 Å². The molecular weight excluding hydrogens is 424 g/mol. The third-order valence-electron chi connectivity index (χ3n) is 12.7. The number of Topliss-reactive ketones (excluding diaryl/α,β-unsaturated/α-hetero) is 1. The van der Waals surface area contributed by atoms with Gasteiger partial charge in [-0.3, -0.25) is 9.59 Å². The lowest BCUT2D eigenvalue weighted by atomic mass is 9.42. The fraction of sp³-hybridized carbons (Fsp3) is 0.867. The Balaban J connectivity index is 1.47. The molecule has 5 saturated carbocycles. The maximum atomic E-state index is 12.8. The molecular formula is C30H46O4. The zero-order valence-electron chi connectivity index (χ0n) is 22.4. The van der Waals surface area contributed by atoms with Gasteiger partial charge in [-0.2, -0.15) is 0 Å². The molecule has 2 spiro atoms. The van der Waals surface area contributed by atoms with Crippen molar-refractivity contribution in [1.82, 2.24) is 0 Å². The van der Waals surface area contributed by atoms with Gasteiger partial charge in [-0.25, -0.2) is 0 Å². The van der Waals surface area contributed by atoms with E-state index in [4.69, 9.17) is 0 Å². The number of carbonyl (C=O) groups is 2. The molecule has 5 rings (SSSR count). The predicted octanol–water partition coefficient (Wildman–Crippen LogP) is 5.50. The summed E-state index contributed by atoms with van der Waals surface area (Å²) in [7, 11) is 0. The average molecular weight is 471 g/mol. The van der Waals surface area contributed by atoms with Crippen molar-refractivity contribution >= 4 is 11.6 Å². The van der Waals surface area contributed by atoms with E-state index in [2.05, 4.69) is 27.7 Å². The summed E-state index contributed by atoms with van der Waals surface area (Å²) in [5.41, 5.74) is 1.19. The summed E-state index contributed by atoms with van der Waals surface area (Å²) in [5.74, 6) is 0.896. The van der Waals surface area contributed by atoms with Crippen LogP contribution in [-0.2, 0) is 9.59 Å². The molecule has 0 unspecified atom stereocenters. The quantitative estimate of drug-likeness (QED) is 0.532. The third kappa shape index (κ3) is 2.79. The van der Waals surface area contributed by atoms with Gasteiger partial charge in [-0.1, -0.05) is 40.2 Å². The molecule has 34 heavy (non-hydrogen) atoms. The Kier molecular flexibility index (Phi) is 5.28. The Morgan fingerprint density at radius 3 is 2.26 bits per heavy atom. The number of aliphatic hydroxyl groups is 2. The van der Waals surface area contributed by atoms with Crippen LogP contribution in [0, 0.1) is 50.7 Å². The first-order valence-corrected chi connectivity index (χ1v) is 13.8. The highest BCUT2D eigenvalue weighted by molar-refractivity contribution is 5.94. The number of hydrogen-bond acceptors (Lipinski definition) is 4. The van der Waals surface area contributed by atoms with Gasteiger partial charge in [0, 0.05) is 11.8 Å². The van der Waals surface area contributed by atoms with Gasteiger partial charge < -0.3 is 10.2 Å². The Bertz CT molecular complexity index is 945. The van der Waals surface area contributed by atoms with Crippen LogP contribution in [0.3, 0.4) is 0 Å². The smallest absolute Gasteiger partial charge is 0.184 e. The van der Waals surface area contributed by atoms with Crippen molar-refractivity contribution in [3.63, 3.8) is 0 Å². The van der Waals surface area contributed by atoms with Crippen molar-refractivity contribution in [2.24, 2.45) is 50.7 Å². The van der Waals surface area contributed by atoms with Crippen molar-refractivity contribution < 1.29 is 19.8 Å². The van der Waals surface area contributed by atoms with Crippen LogP contribution >= 0.6 is 0 Å². The van der Waals surface area contributed by atoms with Crippen LogP contribution in [0.4, 0.5) is 0 Å². The molecule has 0 aromatic carbocycles. The van der Waals surface area contributed by atoms with Crippen molar-refractivity contribution in [2.75, 3.05) is 0 Å². The zero-order valence-corrected chi connectivity index (χ0v) is 22.4. The average Bonchev–Trinajstić information content (AvgIpc) is 3.35. The van der Waals surface area contributed by atoms with E-state index in [1.807, 2.05) is 20.8 Å². The summed E-state index contributed by atoms with van der Waals surface area (Å²) in [4.78, 5) is 25.5. The number of ketones is 2. The van der Waals surface area contributed by atoms with E-state index in [0.29, 0.717) is 28.4 Å². The van der Waals surface area contributed by atoms with Crippen LogP contribution in [0.1, 0.15) is 99.8 Å². The van der Waals surface area contributed by atoms with Crippen molar-refractivity contribution in [2.45, 2.75) is 112 Å². The number of hydrogen-bond donors (Lipinski definition) is 2. The summed E-state index contributed by atoms with van der Waals surface area (Å²) in [6.07, 6.45) is 8.25. The maximum Gasteiger partial charge on any atom is 0.184 e. The topological polar surface area (TPSA) is 74.6 Å². The van der Waals surface area contributed by atoms with Crippen LogP contribution in [0.2, 0.25) is 0 Å². The molecule has 0 heterocycles. The summed E-state index contributed by atoms with van der Waals surface area (Å²) in [6.45, 7) is 14.9. The van der Waals surface area contributed by atoms with E-state index in [0.717, 1.165) is 44.1 Å². The molecule has 0 bridgehead atoms. The molecule has 0 amide bonds. The summed E-state index contributed by atoms with van der Waals surface area (Å²) in [6, 6.07) is 0. The van der Waals surface area contributed by atoms with Crippen LogP contribution < -0.4 is 0 Å². The lowest BCUT2D eigenvalue weighted by molar-refractivity contribution is -0.160. The summed E-state index contributed by atoms with van der Waals surface area (Å²) in [5, 5.41) is 22.5. The molecule has 10 atom stereocenters. The SMILES string of the molecule is CC(C)=CC(=O)[C@@H](O)[C@@H](C)[C@H]1[C@H](O)C[C@@]2(C)[C@@H]3CC[C@H]4C(C)(C)C(=O)CC[C@@]45C[C@@]35CC[C@]12C. The van der Waals surface area contributed by atoms with E-state index in [1.54, 1.807) is 6.08 Å². The van der Waals surface area contributed by atoms with Crippen LogP contribution in [0.15, 0.2) is 11.6 Å². The molecule has 190 valence electrons. The van der Waals surface area contributed by atoms with Crippen LogP contribution in [0.5, 0.6) is 0 Å². The second kappa shape index (κ2) is 7.28. The molecule has 0 saturated heterocycles. The molecule has 0 radical (unpaired) electrons. The fourth-order valence-corrected chi connectivity index (χ4v) is 11.0. The van der Waals surface area contributed by atoms with Crippen molar-refractivity contribution in [1.29, 1.82) is 0 Å². The molecule has 5 aliphatic carbocycles. The standard InChI is InChI=1S/C30H46O4/c1-17(2)14-19(31)25(34)18(3)24-20(32)15-28(7)22-9-8-21-26(4,5)23(33)10-11-29(21)16-30(22,29)13-12-27(24,28)6/h14,18,20-22,24-25,32,34H,8-13,15-16H2,1-7H3/t18-,20+,21-,22-,24-,25-,27+,28-,29+,30-/m0/s1. The molecule has 5 fully saturated rings. The lowest BCUT2D eigenvalue weighted by Gasteiger charge is -2.62. The first kappa shape index (κ1) is 24.7. The molecule has 0 aromatic rings. The molecule has 2 N–H and O–H groups in total. The molecule has 4 nitrogen and oxygen atoms in total. The van der Waals surface area contributed by atoms with Crippen LogP contribution in [0.25, 0.3) is 0 Å². The number of fused-ring (bicyclic) bond motifs is 2. The molecule has 0 aliphatic heterocycles. The highest BCUT2D eigenvalue weighted by Gasteiger charge is 2.82. The Morgan fingerprint density at radius 1 is 1.00 bits per heavy atom. The summed E-state index contributed by atoms with van der Waals surface area (Å²) < 4.78 is 0. The Hall–Kier alpha value is -1.00. The summed E-state index contributed by atoms with van der Waals surface area (Å²) >= 11 is 0. The highest BCUT2D eigenvalue weighted by Crippen LogP contribution is 2.88. The normalized spacial score (nSPS) is 50.2. The molecule has 0 aromatic heterocycles.